The van der Waals surface area contributed by atoms with Crippen molar-refractivity contribution in [1.29, 1.82) is 0 Å². The van der Waals surface area contributed by atoms with Gasteiger partial charge >= 0.3 is 5.97 Å². The van der Waals surface area contributed by atoms with Crippen LogP contribution >= 0.6 is 23.5 Å². The minimum Gasteiger partial charge on any atom is -0.478 e. The van der Waals surface area contributed by atoms with Crippen LogP contribution in [-0.2, 0) is 10.5 Å². The van der Waals surface area contributed by atoms with Crippen LogP contribution in [0.5, 0.6) is 0 Å². The van der Waals surface area contributed by atoms with Gasteiger partial charge in [-0.05, 0) is 61.9 Å². The fourth-order valence-electron chi connectivity index (χ4n) is 3.46. The Kier molecular flexibility index (Phi) is 8.45. The number of aromatic nitrogens is 3. The molecule has 184 valence electrons. The zero-order chi connectivity index (χ0) is 25.5. The molecule has 0 aliphatic heterocycles. The number of nitrogens with zero attached hydrogens (tertiary/aromatic N) is 3. The van der Waals surface area contributed by atoms with Crippen LogP contribution in [0.3, 0.4) is 0 Å². The number of aryl methyl sites for hydroxylation is 1. The fraction of sp³-hybridized carbons (Fsp3) is 0.185. The zero-order valence-corrected chi connectivity index (χ0v) is 21.6. The van der Waals surface area contributed by atoms with E-state index in [1.165, 1.54) is 29.5 Å². The zero-order valence-electron chi connectivity index (χ0n) is 19.9. The van der Waals surface area contributed by atoms with Crippen molar-refractivity contribution in [2.45, 2.75) is 41.3 Å². The van der Waals surface area contributed by atoms with Gasteiger partial charge in [0, 0.05) is 16.3 Å². The molecule has 4 aromatic rings. The van der Waals surface area contributed by atoms with Crippen molar-refractivity contribution in [3.63, 3.8) is 0 Å². The van der Waals surface area contributed by atoms with Crippen molar-refractivity contribution in [2.24, 2.45) is 0 Å². The molecule has 36 heavy (non-hydrogen) atoms. The van der Waals surface area contributed by atoms with Crippen molar-refractivity contribution in [1.82, 2.24) is 14.8 Å². The number of hydrogen-bond acceptors (Lipinski definition) is 6. The minimum absolute atomic E-state index is 0.168. The van der Waals surface area contributed by atoms with Gasteiger partial charge in [-0.3, -0.25) is 9.36 Å². The van der Waals surface area contributed by atoms with Crippen molar-refractivity contribution in [3.8, 4) is 5.69 Å². The van der Waals surface area contributed by atoms with Gasteiger partial charge in [0.05, 0.1) is 16.6 Å². The maximum atomic E-state index is 13.0. The van der Waals surface area contributed by atoms with Gasteiger partial charge in [-0.1, -0.05) is 54.6 Å². The number of anilines is 1. The lowest BCUT2D eigenvalue weighted by molar-refractivity contribution is -0.115. The lowest BCUT2D eigenvalue weighted by Crippen LogP contribution is -2.25. The van der Waals surface area contributed by atoms with Crippen molar-refractivity contribution >= 4 is 41.1 Å². The van der Waals surface area contributed by atoms with E-state index in [0.29, 0.717) is 23.0 Å². The SMILES string of the molecule is CCC(Sc1nnc(CSc2ccc(C)cc2)n1-c1ccccc1)C(=O)Nc1ccc(C(=O)O)cc1. The molecule has 0 aliphatic rings. The van der Waals surface area contributed by atoms with Crippen LogP contribution in [0, 0.1) is 6.92 Å². The van der Waals surface area contributed by atoms with Crippen LogP contribution in [0.1, 0.15) is 35.1 Å². The molecule has 0 bridgehead atoms. The summed E-state index contributed by atoms with van der Waals surface area (Å²) in [5, 5.41) is 21.1. The molecule has 0 radical (unpaired) electrons. The topological polar surface area (TPSA) is 97.1 Å². The third-order valence-electron chi connectivity index (χ3n) is 5.41. The van der Waals surface area contributed by atoms with Gasteiger partial charge in [0.25, 0.3) is 0 Å². The highest BCUT2D eigenvalue weighted by atomic mass is 32.2. The number of para-hydroxylation sites is 1. The molecule has 0 aliphatic carbocycles. The monoisotopic (exact) mass is 518 g/mol. The molecule has 4 rings (SSSR count). The Morgan fingerprint density at radius 1 is 0.972 bits per heavy atom. The molecule has 2 N–H and O–H groups in total. The van der Waals surface area contributed by atoms with E-state index < -0.39 is 11.2 Å². The van der Waals surface area contributed by atoms with Gasteiger partial charge in [0.2, 0.25) is 5.91 Å². The average molecular weight is 519 g/mol. The summed E-state index contributed by atoms with van der Waals surface area (Å²) in [4.78, 5) is 25.3. The summed E-state index contributed by atoms with van der Waals surface area (Å²) in [7, 11) is 0. The average Bonchev–Trinajstić information content (AvgIpc) is 3.30. The number of aromatic carboxylic acids is 1. The number of carboxylic acid groups (broad SMARTS) is 1. The van der Waals surface area contributed by atoms with Gasteiger partial charge < -0.3 is 10.4 Å². The number of rotatable bonds is 10. The molecule has 3 aromatic carbocycles. The van der Waals surface area contributed by atoms with Gasteiger partial charge in [-0.15, -0.1) is 22.0 Å². The van der Waals surface area contributed by atoms with Gasteiger partial charge in [0.1, 0.15) is 5.82 Å². The maximum absolute atomic E-state index is 13.0. The predicted molar refractivity (Wildman–Crippen MR) is 144 cm³/mol. The molecule has 0 saturated carbocycles. The molecule has 1 unspecified atom stereocenters. The molecule has 1 aromatic heterocycles. The van der Waals surface area contributed by atoms with E-state index in [2.05, 4.69) is 46.7 Å². The van der Waals surface area contributed by atoms with Crippen molar-refractivity contribution in [2.75, 3.05) is 5.32 Å². The number of thioether (sulfide) groups is 2. The highest BCUT2D eigenvalue weighted by Gasteiger charge is 2.23. The fourth-order valence-corrected chi connectivity index (χ4v) is 5.26. The first-order chi connectivity index (χ1) is 17.4. The van der Waals surface area contributed by atoms with Gasteiger partial charge in [0.15, 0.2) is 5.16 Å². The van der Waals surface area contributed by atoms with Crippen LogP contribution in [0.25, 0.3) is 5.69 Å². The third kappa shape index (κ3) is 6.35. The van der Waals surface area contributed by atoms with E-state index in [0.717, 1.165) is 16.4 Å². The quantitative estimate of drug-likeness (QED) is 0.246. The van der Waals surface area contributed by atoms with Crippen molar-refractivity contribution in [3.05, 3.63) is 95.8 Å². The van der Waals surface area contributed by atoms with E-state index in [-0.39, 0.29) is 11.5 Å². The van der Waals surface area contributed by atoms with E-state index >= 15 is 0 Å². The van der Waals surface area contributed by atoms with Crippen molar-refractivity contribution < 1.29 is 14.7 Å². The molecule has 9 heteroatoms. The summed E-state index contributed by atoms with van der Waals surface area (Å²) in [5.41, 5.74) is 2.86. The molecule has 0 fully saturated rings. The van der Waals surface area contributed by atoms with Gasteiger partial charge in [-0.2, -0.15) is 0 Å². The number of hydrogen-bond donors (Lipinski definition) is 2. The first-order valence-corrected chi connectivity index (χ1v) is 13.3. The molecule has 0 spiro atoms. The largest absolute Gasteiger partial charge is 0.478 e. The maximum Gasteiger partial charge on any atom is 0.335 e. The summed E-state index contributed by atoms with van der Waals surface area (Å²) < 4.78 is 2.00. The molecule has 1 heterocycles. The third-order valence-corrected chi connectivity index (χ3v) is 7.73. The van der Waals surface area contributed by atoms with E-state index in [1.807, 2.05) is 41.8 Å². The normalized spacial score (nSPS) is 11.7. The summed E-state index contributed by atoms with van der Waals surface area (Å²) in [6, 6.07) is 24.4. The number of carbonyl (C=O) groups is 2. The molecule has 1 amide bonds. The van der Waals surface area contributed by atoms with Crippen LogP contribution in [-0.4, -0.2) is 37.0 Å². The Balaban J connectivity index is 1.53. The molecule has 1 atom stereocenters. The van der Waals surface area contributed by atoms with E-state index in [1.54, 1.807) is 23.9 Å². The molecule has 0 saturated heterocycles. The molecular weight excluding hydrogens is 492 g/mol. The second-order valence-electron chi connectivity index (χ2n) is 8.06. The number of benzene rings is 3. The van der Waals surface area contributed by atoms with Crippen LogP contribution in [0.2, 0.25) is 0 Å². The van der Waals surface area contributed by atoms with Crippen LogP contribution in [0.15, 0.2) is 88.9 Å². The second kappa shape index (κ2) is 11.9. The number of amides is 1. The number of nitrogens with one attached hydrogen (secondary N) is 1. The van der Waals surface area contributed by atoms with E-state index in [4.69, 9.17) is 5.11 Å². The summed E-state index contributed by atoms with van der Waals surface area (Å²) in [6.45, 7) is 4.01. The summed E-state index contributed by atoms with van der Waals surface area (Å²) in [6.07, 6.45) is 0.582. The Morgan fingerprint density at radius 2 is 1.67 bits per heavy atom. The van der Waals surface area contributed by atoms with Crippen LogP contribution in [0.4, 0.5) is 5.69 Å². The van der Waals surface area contributed by atoms with Crippen LogP contribution < -0.4 is 5.32 Å². The second-order valence-corrected chi connectivity index (χ2v) is 10.3. The first kappa shape index (κ1) is 25.5. The smallest absolute Gasteiger partial charge is 0.335 e. The lowest BCUT2D eigenvalue weighted by Gasteiger charge is -2.16. The first-order valence-electron chi connectivity index (χ1n) is 11.4. The van der Waals surface area contributed by atoms with E-state index in [9.17, 15) is 9.59 Å². The molecular formula is C27H26N4O3S2. The van der Waals surface area contributed by atoms with Gasteiger partial charge in [-0.25, -0.2) is 4.79 Å². The summed E-state index contributed by atoms with van der Waals surface area (Å²) >= 11 is 3.05. The Morgan fingerprint density at radius 3 is 2.31 bits per heavy atom. The highest BCUT2D eigenvalue weighted by Crippen LogP contribution is 2.31. The number of carboxylic acids is 1. The summed E-state index contributed by atoms with van der Waals surface area (Å²) in [5.74, 6) is 0.244. The Labute approximate surface area is 218 Å². The molecule has 7 nitrogen and oxygen atoms in total. The predicted octanol–water partition coefficient (Wildman–Crippen LogP) is 6.08. The lowest BCUT2D eigenvalue weighted by atomic mass is 10.2. The number of carbonyl (C=O) groups excluding carboxylic acids is 1. The Bertz CT molecular complexity index is 1320. The highest BCUT2D eigenvalue weighted by molar-refractivity contribution is 8.00. The minimum atomic E-state index is -1.01. The Hall–Kier alpha value is -3.56. The standard InChI is InChI=1S/C27H26N4O3S2/c1-3-23(25(32)28-20-13-11-19(12-14-20)26(33)34)36-27-30-29-24(31(27)21-7-5-4-6-8-21)17-35-22-15-9-18(2)10-16-22/h4-16,23H,3,17H2,1-2H3,(H,28,32)(H,33,34).